The van der Waals surface area contributed by atoms with Crippen molar-refractivity contribution in [1.29, 1.82) is 0 Å². The van der Waals surface area contributed by atoms with Crippen molar-refractivity contribution in [2.45, 2.75) is 12.5 Å². The van der Waals surface area contributed by atoms with Crippen molar-refractivity contribution in [3.8, 4) is 0 Å². The summed E-state index contributed by atoms with van der Waals surface area (Å²) in [5.41, 5.74) is 4.10. The van der Waals surface area contributed by atoms with Gasteiger partial charge in [-0.1, -0.05) is 35.3 Å². The van der Waals surface area contributed by atoms with Crippen molar-refractivity contribution < 1.29 is 14.4 Å². The number of anilines is 1. The van der Waals surface area contributed by atoms with E-state index in [1.807, 2.05) is 30.3 Å². The molecule has 1 atom stereocenters. The number of benzene rings is 2. The predicted octanol–water partition coefficient (Wildman–Crippen LogP) is 4.37. The largest absolute Gasteiger partial charge is 0.430 e. The van der Waals surface area contributed by atoms with Crippen LogP contribution in [0.25, 0.3) is 0 Å². The Hall–Kier alpha value is -1.83. The number of hydrogen-bond acceptors (Lipinski definition) is 5. The summed E-state index contributed by atoms with van der Waals surface area (Å²) in [5, 5.41) is 5.72. The number of carbonyl (C=O) groups is 1. The van der Waals surface area contributed by atoms with E-state index in [0.717, 1.165) is 29.8 Å². The molecule has 0 aliphatic carbocycles. The summed E-state index contributed by atoms with van der Waals surface area (Å²) >= 11 is 12.7. The smallest absolute Gasteiger partial charge is 0.379 e. The third-order valence-corrected chi connectivity index (χ3v) is 5.79. The highest BCUT2D eigenvalue weighted by Gasteiger charge is 2.27. The second-order valence-corrected chi connectivity index (χ2v) is 8.22. The van der Waals surface area contributed by atoms with Gasteiger partial charge in [-0.15, -0.1) is 5.06 Å². The number of amides is 1. The molecular formula is C21H23Cl2N3O3. The zero-order valence-corrected chi connectivity index (χ0v) is 17.7. The van der Waals surface area contributed by atoms with Crippen molar-refractivity contribution in [3.63, 3.8) is 0 Å². The SMILES string of the molecule is CN1Cc2c(Cl)cc(Cl)cc2C(c2ccc(NC(=O)ON3CCOCC3)cc2)C1. The number of hydroxylamine groups is 2. The molecule has 1 amide bonds. The van der Waals surface area contributed by atoms with Crippen LogP contribution in [0.1, 0.15) is 22.6 Å². The molecule has 4 rings (SSSR count). The van der Waals surface area contributed by atoms with Gasteiger partial charge in [0.15, 0.2) is 0 Å². The van der Waals surface area contributed by atoms with Gasteiger partial charge in [-0.25, -0.2) is 4.79 Å². The quantitative estimate of drug-likeness (QED) is 0.775. The van der Waals surface area contributed by atoms with E-state index in [9.17, 15) is 4.79 Å². The number of likely N-dealkylation sites (N-methyl/N-ethyl adjacent to an activating group) is 1. The first kappa shape index (κ1) is 20.4. The molecule has 0 bridgehead atoms. The normalized spacial score (nSPS) is 20.2. The van der Waals surface area contributed by atoms with E-state index >= 15 is 0 Å². The highest BCUT2D eigenvalue weighted by molar-refractivity contribution is 6.35. The molecule has 2 aromatic rings. The van der Waals surface area contributed by atoms with Crippen LogP contribution in [-0.2, 0) is 16.1 Å². The van der Waals surface area contributed by atoms with Crippen molar-refractivity contribution in [2.75, 3.05) is 45.2 Å². The Labute approximate surface area is 180 Å². The Kier molecular flexibility index (Phi) is 6.27. The van der Waals surface area contributed by atoms with Crippen LogP contribution in [0.5, 0.6) is 0 Å². The molecule has 0 spiro atoms. The fraction of sp³-hybridized carbons (Fsp3) is 0.381. The van der Waals surface area contributed by atoms with Crippen LogP contribution in [0.4, 0.5) is 10.5 Å². The lowest BCUT2D eigenvalue weighted by Crippen LogP contribution is -2.39. The second kappa shape index (κ2) is 8.90. The van der Waals surface area contributed by atoms with Gasteiger partial charge >= 0.3 is 6.09 Å². The third kappa shape index (κ3) is 4.85. The molecule has 1 N–H and O–H groups in total. The summed E-state index contributed by atoms with van der Waals surface area (Å²) < 4.78 is 5.24. The zero-order chi connectivity index (χ0) is 20.4. The Balaban J connectivity index is 1.47. The minimum atomic E-state index is -0.499. The molecule has 2 aliphatic rings. The van der Waals surface area contributed by atoms with Crippen LogP contribution in [0.2, 0.25) is 10.0 Å². The Morgan fingerprint density at radius 1 is 1.17 bits per heavy atom. The van der Waals surface area contributed by atoms with Crippen molar-refractivity contribution >= 4 is 35.0 Å². The highest BCUT2D eigenvalue weighted by Crippen LogP contribution is 2.38. The Bertz CT molecular complexity index is 885. The van der Waals surface area contributed by atoms with Gasteiger partial charge in [0.1, 0.15) is 0 Å². The van der Waals surface area contributed by atoms with Crippen LogP contribution >= 0.6 is 23.2 Å². The van der Waals surface area contributed by atoms with E-state index in [4.69, 9.17) is 32.8 Å². The average molecular weight is 436 g/mol. The maximum atomic E-state index is 12.1. The molecule has 8 heteroatoms. The summed E-state index contributed by atoms with van der Waals surface area (Å²) in [7, 11) is 2.08. The number of fused-ring (bicyclic) bond motifs is 1. The molecule has 6 nitrogen and oxygen atoms in total. The van der Waals surface area contributed by atoms with Crippen molar-refractivity contribution in [1.82, 2.24) is 9.96 Å². The van der Waals surface area contributed by atoms with E-state index in [0.29, 0.717) is 42.0 Å². The standard InChI is InChI=1S/C21H23Cl2N3O3/c1-25-12-18(17-10-15(22)11-20(23)19(17)13-25)14-2-4-16(5-3-14)24-21(27)29-26-6-8-28-9-7-26/h2-5,10-11,18H,6-9,12-13H2,1H3,(H,24,27). The molecule has 1 unspecified atom stereocenters. The van der Waals surface area contributed by atoms with Crippen LogP contribution in [0, 0.1) is 0 Å². The first-order valence-electron chi connectivity index (χ1n) is 9.57. The zero-order valence-electron chi connectivity index (χ0n) is 16.2. The predicted molar refractivity (Wildman–Crippen MR) is 114 cm³/mol. The first-order chi connectivity index (χ1) is 14.0. The van der Waals surface area contributed by atoms with E-state index in [2.05, 4.69) is 17.3 Å². The van der Waals surface area contributed by atoms with Crippen molar-refractivity contribution in [2.24, 2.45) is 0 Å². The number of ether oxygens (including phenoxy) is 1. The molecule has 1 fully saturated rings. The Morgan fingerprint density at radius 3 is 2.62 bits per heavy atom. The van der Waals surface area contributed by atoms with E-state index < -0.39 is 6.09 Å². The topological polar surface area (TPSA) is 54.0 Å². The number of carbonyl (C=O) groups excluding carboxylic acids is 1. The molecule has 0 saturated carbocycles. The highest BCUT2D eigenvalue weighted by atomic mass is 35.5. The van der Waals surface area contributed by atoms with Gasteiger partial charge < -0.3 is 14.5 Å². The fourth-order valence-electron chi connectivity index (χ4n) is 3.83. The molecule has 1 saturated heterocycles. The van der Waals surface area contributed by atoms with Gasteiger partial charge in [-0.05, 0) is 48.0 Å². The Morgan fingerprint density at radius 2 is 1.90 bits per heavy atom. The van der Waals surface area contributed by atoms with Crippen LogP contribution in [0.3, 0.4) is 0 Å². The van der Waals surface area contributed by atoms with Crippen LogP contribution in [-0.4, -0.2) is 56.0 Å². The van der Waals surface area contributed by atoms with Gasteiger partial charge in [0.2, 0.25) is 0 Å². The summed E-state index contributed by atoms with van der Waals surface area (Å²) in [6.45, 7) is 3.95. The van der Waals surface area contributed by atoms with Crippen LogP contribution < -0.4 is 5.32 Å². The van der Waals surface area contributed by atoms with Gasteiger partial charge in [-0.2, -0.15) is 0 Å². The lowest BCUT2D eigenvalue weighted by molar-refractivity contribution is -0.142. The maximum absolute atomic E-state index is 12.1. The van der Waals surface area contributed by atoms with E-state index in [-0.39, 0.29) is 5.92 Å². The third-order valence-electron chi connectivity index (χ3n) is 5.23. The lowest BCUT2D eigenvalue weighted by atomic mass is 9.85. The fourth-order valence-corrected chi connectivity index (χ4v) is 4.39. The minimum Gasteiger partial charge on any atom is -0.379 e. The molecule has 0 radical (unpaired) electrons. The molecule has 154 valence electrons. The summed E-state index contributed by atoms with van der Waals surface area (Å²) in [4.78, 5) is 19.6. The number of nitrogens with one attached hydrogen (secondary N) is 1. The van der Waals surface area contributed by atoms with Gasteiger partial charge in [-0.3, -0.25) is 5.32 Å². The molecule has 29 heavy (non-hydrogen) atoms. The number of hydrogen-bond donors (Lipinski definition) is 1. The lowest BCUT2D eigenvalue weighted by Gasteiger charge is -2.33. The molecule has 0 aromatic heterocycles. The minimum absolute atomic E-state index is 0.161. The second-order valence-electron chi connectivity index (χ2n) is 7.37. The van der Waals surface area contributed by atoms with Gasteiger partial charge in [0, 0.05) is 34.7 Å². The number of halogens is 2. The summed E-state index contributed by atoms with van der Waals surface area (Å²) in [5.74, 6) is 0.161. The molecule has 2 aliphatic heterocycles. The average Bonchev–Trinajstić information content (AvgIpc) is 2.69. The number of nitrogens with zero attached hydrogens (tertiary/aromatic N) is 2. The summed E-state index contributed by atoms with van der Waals surface area (Å²) in [6.07, 6.45) is -0.499. The number of rotatable bonds is 3. The molecule has 2 heterocycles. The summed E-state index contributed by atoms with van der Waals surface area (Å²) in [6, 6.07) is 11.6. The van der Waals surface area contributed by atoms with Gasteiger partial charge in [0.05, 0.1) is 26.3 Å². The maximum Gasteiger partial charge on any atom is 0.430 e. The van der Waals surface area contributed by atoms with E-state index in [1.54, 1.807) is 11.1 Å². The number of morpholine rings is 1. The van der Waals surface area contributed by atoms with Crippen LogP contribution in [0.15, 0.2) is 36.4 Å². The van der Waals surface area contributed by atoms with Crippen molar-refractivity contribution in [3.05, 3.63) is 63.1 Å². The van der Waals surface area contributed by atoms with E-state index in [1.165, 1.54) is 0 Å². The monoisotopic (exact) mass is 435 g/mol. The first-order valence-corrected chi connectivity index (χ1v) is 10.3. The van der Waals surface area contributed by atoms with Gasteiger partial charge in [0.25, 0.3) is 0 Å². The molecule has 2 aromatic carbocycles. The molecular weight excluding hydrogens is 413 g/mol.